The number of thiol groups is 1. The molecule has 1 amide bonds. The minimum Gasteiger partial charge on any atom is -0.480 e. The maximum absolute atomic E-state index is 11.4. The fraction of sp³-hybridized carbons (Fsp3) is 0.667. The van der Waals surface area contributed by atoms with E-state index in [0.717, 1.165) is 0 Å². The number of amides is 1. The predicted molar refractivity (Wildman–Crippen MR) is 70.5 cm³/mol. The number of guanidine groups is 1. The first-order valence-corrected chi connectivity index (χ1v) is 5.99. The van der Waals surface area contributed by atoms with E-state index in [1.165, 1.54) is 0 Å². The second-order valence-corrected chi connectivity index (χ2v) is 4.04. The van der Waals surface area contributed by atoms with Crippen molar-refractivity contribution < 1.29 is 14.7 Å². The van der Waals surface area contributed by atoms with Crippen LogP contribution in [0.4, 0.5) is 0 Å². The fourth-order valence-corrected chi connectivity index (χ4v) is 1.31. The number of carboxylic acid groups (broad SMARTS) is 1. The lowest BCUT2D eigenvalue weighted by Crippen LogP contribution is -2.49. The Morgan fingerprint density at radius 2 is 2.06 bits per heavy atom. The summed E-state index contributed by atoms with van der Waals surface area (Å²) in [5.74, 6) is -1.71. The van der Waals surface area contributed by atoms with Gasteiger partial charge < -0.3 is 27.2 Å². The largest absolute Gasteiger partial charge is 0.480 e. The van der Waals surface area contributed by atoms with Crippen LogP contribution in [-0.4, -0.2) is 47.3 Å². The number of nitrogens with one attached hydrogen (secondary N) is 3. The molecule has 0 spiro atoms. The van der Waals surface area contributed by atoms with Crippen molar-refractivity contribution in [2.24, 2.45) is 11.5 Å². The van der Waals surface area contributed by atoms with Crippen molar-refractivity contribution in [2.75, 3.05) is 12.3 Å². The number of aliphatic carboxylic acids is 1. The monoisotopic (exact) mass is 277 g/mol. The van der Waals surface area contributed by atoms with Gasteiger partial charge in [0.25, 0.3) is 0 Å². The molecule has 0 aromatic rings. The van der Waals surface area contributed by atoms with E-state index in [2.05, 4.69) is 23.3 Å². The molecule has 8 nitrogen and oxygen atoms in total. The highest BCUT2D eigenvalue weighted by molar-refractivity contribution is 7.80. The van der Waals surface area contributed by atoms with Gasteiger partial charge in [0.05, 0.1) is 6.04 Å². The Bertz CT molecular complexity index is 313. The van der Waals surface area contributed by atoms with Crippen molar-refractivity contribution in [3.05, 3.63) is 0 Å². The van der Waals surface area contributed by atoms with Crippen LogP contribution in [0.15, 0.2) is 0 Å². The van der Waals surface area contributed by atoms with Crippen LogP contribution in [0.3, 0.4) is 0 Å². The molecule has 2 atom stereocenters. The van der Waals surface area contributed by atoms with Crippen LogP contribution in [-0.2, 0) is 9.59 Å². The quantitative estimate of drug-likeness (QED) is 0.119. The highest BCUT2D eigenvalue weighted by Crippen LogP contribution is 1.98. The second-order valence-electron chi connectivity index (χ2n) is 3.67. The van der Waals surface area contributed by atoms with Gasteiger partial charge in [-0.15, -0.1) is 0 Å². The highest BCUT2D eigenvalue weighted by atomic mass is 32.1. The Balaban J connectivity index is 4.11. The van der Waals surface area contributed by atoms with Gasteiger partial charge in [-0.05, 0) is 12.8 Å². The van der Waals surface area contributed by atoms with Crippen LogP contribution >= 0.6 is 12.6 Å². The summed E-state index contributed by atoms with van der Waals surface area (Å²) in [5.41, 5.74) is 10.5. The van der Waals surface area contributed by atoms with E-state index in [9.17, 15) is 9.59 Å². The first kappa shape index (κ1) is 16.5. The molecule has 0 unspecified atom stereocenters. The molecule has 0 rings (SSSR count). The minimum atomic E-state index is -1.13. The molecular formula is C9H19N5O3S. The maximum atomic E-state index is 11.4. The van der Waals surface area contributed by atoms with Crippen molar-refractivity contribution in [1.29, 1.82) is 5.41 Å². The predicted octanol–water partition coefficient (Wildman–Crippen LogP) is -1.92. The molecule has 9 heteroatoms. The zero-order valence-electron chi connectivity index (χ0n) is 9.85. The van der Waals surface area contributed by atoms with Gasteiger partial charge in [-0.1, -0.05) is 0 Å². The minimum absolute atomic E-state index is 0.143. The molecule has 0 aromatic carbocycles. The van der Waals surface area contributed by atoms with E-state index in [1.807, 2.05) is 0 Å². The topological polar surface area (TPSA) is 154 Å². The Hall–Kier alpha value is -1.48. The fourth-order valence-electron chi connectivity index (χ4n) is 1.15. The second kappa shape index (κ2) is 8.59. The summed E-state index contributed by atoms with van der Waals surface area (Å²) in [6.45, 7) is 0.369. The standard InChI is InChI=1S/C9H19N5O3S/c10-5(4-18)7(15)14-6(8(16)17)2-1-3-13-9(11)12/h5-6,18H,1-4,10H2,(H,14,15)(H,16,17)(H4,11,12,13)/t5-,6-/m0/s1. The molecule has 0 fully saturated rings. The molecule has 8 N–H and O–H groups in total. The van der Waals surface area contributed by atoms with E-state index in [0.29, 0.717) is 13.0 Å². The van der Waals surface area contributed by atoms with Gasteiger partial charge in [0, 0.05) is 12.3 Å². The zero-order valence-corrected chi connectivity index (χ0v) is 10.7. The number of hydrogen-bond donors (Lipinski definition) is 7. The van der Waals surface area contributed by atoms with E-state index in [-0.39, 0.29) is 18.1 Å². The van der Waals surface area contributed by atoms with Gasteiger partial charge in [-0.25, -0.2) is 4.79 Å². The van der Waals surface area contributed by atoms with Gasteiger partial charge in [0.15, 0.2) is 5.96 Å². The normalized spacial score (nSPS) is 13.4. The zero-order chi connectivity index (χ0) is 14.1. The van der Waals surface area contributed by atoms with Crippen LogP contribution in [0, 0.1) is 5.41 Å². The smallest absolute Gasteiger partial charge is 0.326 e. The molecule has 0 bridgehead atoms. The number of rotatable bonds is 8. The first-order chi connectivity index (χ1) is 8.38. The van der Waals surface area contributed by atoms with Gasteiger partial charge in [0.1, 0.15) is 6.04 Å². The Labute approximate surface area is 110 Å². The van der Waals surface area contributed by atoms with Gasteiger partial charge in [-0.2, -0.15) is 12.6 Å². The average Bonchev–Trinajstić information content (AvgIpc) is 2.30. The lowest BCUT2D eigenvalue weighted by atomic mass is 10.1. The summed E-state index contributed by atoms with van der Waals surface area (Å²) in [6, 6.07) is -1.83. The molecule has 0 aliphatic rings. The van der Waals surface area contributed by atoms with Crippen molar-refractivity contribution in [1.82, 2.24) is 10.6 Å². The molecular weight excluding hydrogens is 258 g/mol. The molecule has 0 aliphatic carbocycles. The number of carboxylic acids is 1. The first-order valence-electron chi connectivity index (χ1n) is 5.36. The lowest BCUT2D eigenvalue weighted by Gasteiger charge is -2.16. The van der Waals surface area contributed by atoms with E-state index < -0.39 is 24.0 Å². The van der Waals surface area contributed by atoms with Gasteiger partial charge in [0.2, 0.25) is 5.91 Å². The SMILES string of the molecule is N=C(N)NCCC[C@H](NC(=O)[C@@H](N)CS)C(=O)O. The summed E-state index contributed by atoms with van der Waals surface area (Å²) in [4.78, 5) is 22.3. The van der Waals surface area contributed by atoms with Crippen molar-refractivity contribution >= 4 is 30.5 Å². The summed E-state index contributed by atoms with van der Waals surface area (Å²) in [5, 5.41) is 20.7. The Morgan fingerprint density at radius 3 is 2.50 bits per heavy atom. The average molecular weight is 277 g/mol. The molecule has 0 saturated heterocycles. The van der Waals surface area contributed by atoms with Crippen LogP contribution in [0.5, 0.6) is 0 Å². The van der Waals surface area contributed by atoms with Crippen molar-refractivity contribution in [3.8, 4) is 0 Å². The number of hydrogen-bond acceptors (Lipinski definition) is 5. The summed E-state index contributed by atoms with van der Waals surface area (Å²) < 4.78 is 0. The van der Waals surface area contributed by atoms with Crippen LogP contribution < -0.4 is 22.1 Å². The summed E-state index contributed by atoms with van der Waals surface area (Å²) in [6.07, 6.45) is 0.674. The third-order valence-corrected chi connectivity index (χ3v) is 2.53. The summed E-state index contributed by atoms with van der Waals surface area (Å²) in [7, 11) is 0. The number of carbonyl (C=O) groups is 2. The lowest BCUT2D eigenvalue weighted by molar-refractivity contribution is -0.142. The Kier molecular flexibility index (Phi) is 7.88. The molecule has 0 aromatic heterocycles. The van der Waals surface area contributed by atoms with Gasteiger partial charge >= 0.3 is 5.97 Å². The van der Waals surface area contributed by atoms with E-state index >= 15 is 0 Å². The van der Waals surface area contributed by atoms with E-state index in [4.69, 9.17) is 22.0 Å². The molecule has 0 radical (unpaired) electrons. The van der Waals surface area contributed by atoms with Crippen molar-refractivity contribution in [2.45, 2.75) is 24.9 Å². The number of carbonyl (C=O) groups excluding carboxylic acids is 1. The van der Waals surface area contributed by atoms with Crippen LogP contribution in [0.1, 0.15) is 12.8 Å². The molecule has 0 saturated carbocycles. The van der Waals surface area contributed by atoms with Gasteiger partial charge in [-0.3, -0.25) is 10.2 Å². The highest BCUT2D eigenvalue weighted by Gasteiger charge is 2.22. The molecule has 0 aliphatic heterocycles. The third-order valence-electron chi connectivity index (χ3n) is 2.13. The van der Waals surface area contributed by atoms with E-state index in [1.54, 1.807) is 0 Å². The maximum Gasteiger partial charge on any atom is 0.326 e. The molecule has 0 heterocycles. The molecule has 104 valence electrons. The number of nitrogens with two attached hydrogens (primary N) is 2. The third kappa shape index (κ3) is 6.97. The van der Waals surface area contributed by atoms with Crippen LogP contribution in [0.2, 0.25) is 0 Å². The summed E-state index contributed by atoms with van der Waals surface area (Å²) >= 11 is 3.86. The van der Waals surface area contributed by atoms with Crippen LogP contribution in [0.25, 0.3) is 0 Å². The molecule has 18 heavy (non-hydrogen) atoms. The van der Waals surface area contributed by atoms with Crippen molar-refractivity contribution in [3.63, 3.8) is 0 Å². The Morgan fingerprint density at radius 1 is 1.44 bits per heavy atom.